The van der Waals surface area contributed by atoms with Crippen LogP contribution in [-0.2, 0) is 25.7 Å². The van der Waals surface area contributed by atoms with Gasteiger partial charge < -0.3 is 14.6 Å². The van der Waals surface area contributed by atoms with E-state index in [4.69, 9.17) is 9.47 Å². The van der Waals surface area contributed by atoms with Crippen LogP contribution in [0.25, 0.3) is 0 Å². The number of halogens is 1. The maximum Gasteiger partial charge on any atom is 0.310 e. The van der Waals surface area contributed by atoms with Gasteiger partial charge in [-0.3, -0.25) is 9.59 Å². The molecule has 0 bridgehead atoms. The van der Waals surface area contributed by atoms with Crippen LogP contribution in [0.3, 0.4) is 0 Å². The Kier molecular flexibility index (Phi) is 7.67. The van der Waals surface area contributed by atoms with E-state index in [2.05, 4.69) is 15.9 Å². The first kappa shape index (κ1) is 22.5. The van der Waals surface area contributed by atoms with Crippen molar-refractivity contribution in [1.29, 1.82) is 0 Å². The molecule has 0 aliphatic heterocycles. The highest BCUT2D eigenvalue weighted by Gasteiger charge is 2.47. The number of carboxylic acid groups (broad SMARTS) is 1. The molecule has 30 heavy (non-hydrogen) atoms. The molecule has 2 aromatic rings. The second-order valence-corrected chi connectivity index (χ2v) is 8.92. The molecule has 160 valence electrons. The Labute approximate surface area is 185 Å². The van der Waals surface area contributed by atoms with Gasteiger partial charge in [0, 0.05) is 10.4 Å². The summed E-state index contributed by atoms with van der Waals surface area (Å²) >= 11 is 3.43. The summed E-state index contributed by atoms with van der Waals surface area (Å²) in [5, 5.41) is 9.93. The van der Waals surface area contributed by atoms with Crippen LogP contribution >= 0.6 is 15.9 Å². The van der Waals surface area contributed by atoms with E-state index in [9.17, 15) is 14.7 Å². The van der Waals surface area contributed by atoms with Crippen LogP contribution in [0.15, 0.2) is 59.1 Å². The van der Waals surface area contributed by atoms with Gasteiger partial charge >= 0.3 is 11.9 Å². The molecule has 1 N–H and O–H groups in total. The topological polar surface area (TPSA) is 72.8 Å². The van der Waals surface area contributed by atoms with Crippen molar-refractivity contribution in [2.24, 2.45) is 11.8 Å². The lowest BCUT2D eigenvalue weighted by Crippen LogP contribution is -2.44. The molecule has 2 aromatic carbocycles. The SMILES string of the molecule is CC(C)OC1CC(C(=O)O)C(C(=O)OCc2ccccc2)C(c2ccc(Br)cc2)C1. The average Bonchev–Trinajstić information content (AvgIpc) is 2.72. The first-order chi connectivity index (χ1) is 14.3. The zero-order chi connectivity index (χ0) is 21.7. The summed E-state index contributed by atoms with van der Waals surface area (Å²) in [5.41, 5.74) is 1.79. The van der Waals surface area contributed by atoms with Gasteiger partial charge in [0.15, 0.2) is 0 Å². The Morgan fingerprint density at radius 2 is 1.73 bits per heavy atom. The minimum Gasteiger partial charge on any atom is -0.481 e. The smallest absolute Gasteiger partial charge is 0.310 e. The van der Waals surface area contributed by atoms with Crippen LogP contribution in [-0.4, -0.2) is 29.3 Å². The van der Waals surface area contributed by atoms with E-state index in [-0.39, 0.29) is 24.7 Å². The zero-order valence-electron chi connectivity index (χ0n) is 17.2. The number of hydrogen-bond donors (Lipinski definition) is 1. The Hall–Kier alpha value is -2.18. The standard InChI is InChI=1S/C24H27BrO5/c1-15(2)30-19-12-20(17-8-10-18(25)11-9-17)22(21(13-19)23(26)27)24(28)29-14-16-6-4-3-5-7-16/h3-11,15,19-22H,12-14H2,1-2H3,(H,26,27). The van der Waals surface area contributed by atoms with E-state index in [1.165, 1.54) is 0 Å². The largest absolute Gasteiger partial charge is 0.481 e. The highest BCUT2D eigenvalue weighted by atomic mass is 79.9. The van der Waals surface area contributed by atoms with Gasteiger partial charge in [0.05, 0.1) is 24.0 Å². The number of ether oxygens (including phenoxy) is 2. The van der Waals surface area contributed by atoms with Gasteiger partial charge in [-0.2, -0.15) is 0 Å². The van der Waals surface area contributed by atoms with E-state index in [1.807, 2.05) is 68.4 Å². The Morgan fingerprint density at radius 3 is 2.33 bits per heavy atom. The number of rotatable bonds is 7. The number of aliphatic carboxylic acids is 1. The maximum atomic E-state index is 13.1. The molecular weight excluding hydrogens is 448 g/mol. The molecule has 3 rings (SSSR count). The Morgan fingerprint density at radius 1 is 1.07 bits per heavy atom. The third-order valence-electron chi connectivity index (χ3n) is 5.48. The summed E-state index contributed by atoms with van der Waals surface area (Å²) < 4.78 is 12.5. The lowest BCUT2D eigenvalue weighted by Gasteiger charge is -2.39. The minimum atomic E-state index is -0.990. The summed E-state index contributed by atoms with van der Waals surface area (Å²) in [6.07, 6.45) is 0.634. The summed E-state index contributed by atoms with van der Waals surface area (Å²) in [5.74, 6) is -3.38. The molecular formula is C24H27BrO5. The molecule has 0 amide bonds. The first-order valence-electron chi connectivity index (χ1n) is 10.2. The third kappa shape index (κ3) is 5.70. The fourth-order valence-electron chi connectivity index (χ4n) is 4.19. The van der Waals surface area contributed by atoms with Crippen molar-refractivity contribution < 1.29 is 24.2 Å². The fraction of sp³-hybridized carbons (Fsp3) is 0.417. The van der Waals surface area contributed by atoms with Crippen LogP contribution in [0.4, 0.5) is 0 Å². The van der Waals surface area contributed by atoms with E-state index in [0.29, 0.717) is 12.8 Å². The summed E-state index contributed by atoms with van der Waals surface area (Å²) in [7, 11) is 0. The monoisotopic (exact) mass is 474 g/mol. The highest BCUT2D eigenvalue weighted by molar-refractivity contribution is 9.10. The summed E-state index contributed by atoms with van der Waals surface area (Å²) in [4.78, 5) is 25.3. The van der Waals surface area contributed by atoms with Gasteiger partial charge in [-0.25, -0.2) is 0 Å². The fourth-order valence-corrected chi connectivity index (χ4v) is 4.46. The maximum absolute atomic E-state index is 13.1. The molecule has 6 heteroatoms. The predicted octanol–water partition coefficient (Wildman–Crippen LogP) is 5.18. The van der Waals surface area contributed by atoms with Crippen LogP contribution in [0.1, 0.15) is 43.7 Å². The van der Waals surface area contributed by atoms with Gasteiger partial charge in [-0.05, 0) is 49.9 Å². The predicted molar refractivity (Wildman–Crippen MR) is 117 cm³/mol. The molecule has 4 atom stereocenters. The van der Waals surface area contributed by atoms with Crippen LogP contribution < -0.4 is 0 Å². The summed E-state index contributed by atoms with van der Waals surface area (Å²) in [6.45, 7) is 4.00. The number of esters is 1. The van der Waals surface area contributed by atoms with Crippen molar-refractivity contribution >= 4 is 27.9 Å². The van der Waals surface area contributed by atoms with Crippen molar-refractivity contribution in [1.82, 2.24) is 0 Å². The van der Waals surface area contributed by atoms with Crippen molar-refractivity contribution in [3.63, 3.8) is 0 Å². The molecule has 1 aliphatic rings. The molecule has 4 unspecified atom stereocenters. The number of carbonyl (C=O) groups is 2. The molecule has 0 saturated heterocycles. The summed E-state index contributed by atoms with van der Waals surface area (Å²) in [6, 6.07) is 17.1. The van der Waals surface area contributed by atoms with Gasteiger partial charge in [0.25, 0.3) is 0 Å². The number of benzene rings is 2. The quantitative estimate of drug-likeness (QED) is 0.559. The van der Waals surface area contributed by atoms with E-state index in [1.54, 1.807) is 0 Å². The molecule has 1 aliphatic carbocycles. The minimum absolute atomic E-state index is 0.0170. The van der Waals surface area contributed by atoms with E-state index >= 15 is 0 Å². The molecule has 1 saturated carbocycles. The van der Waals surface area contributed by atoms with Gasteiger partial charge in [0.1, 0.15) is 6.61 Å². The van der Waals surface area contributed by atoms with E-state index < -0.39 is 23.8 Å². The highest BCUT2D eigenvalue weighted by Crippen LogP contribution is 2.44. The van der Waals surface area contributed by atoms with Gasteiger partial charge in [0.2, 0.25) is 0 Å². The molecule has 0 spiro atoms. The molecule has 1 fully saturated rings. The van der Waals surface area contributed by atoms with Crippen molar-refractivity contribution in [2.45, 2.75) is 51.4 Å². The Bertz CT molecular complexity index is 850. The second kappa shape index (κ2) is 10.2. The van der Waals surface area contributed by atoms with Crippen molar-refractivity contribution in [3.05, 3.63) is 70.2 Å². The normalized spacial score (nSPS) is 23.9. The van der Waals surface area contributed by atoms with E-state index in [0.717, 1.165) is 15.6 Å². The number of carbonyl (C=O) groups excluding carboxylic acids is 1. The first-order valence-corrected chi connectivity index (χ1v) is 11.0. The Balaban J connectivity index is 1.88. The van der Waals surface area contributed by atoms with Crippen LogP contribution in [0.2, 0.25) is 0 Å². The van der Waals surface area contributed by atoms with Crippen molar-refractivity contribution in [2.75, 3.05) is 0 Å². The van der Waals surface area contributed by atoms with Crippen molar-refractivity contribution in [3.8, 4) is 0 Å². The lowest BCUT2D eigenvalue weighted by atomic mass is 9.68. The number of carboxylic acids is 1. The zero-order valence-corrected chi connectivity index (χ0v) is 18.7. The van der Waals surface area contributed by atoms with Gasteiger partial charge in [-0.15, -0.1) is 0 Å². The second-order valence-electron chi connectivity index (χ2n) is 8.00. The molecule has 5 nitrogen and oxygen atoms in total. The number of hydrogen-bond acceptors (Lipinski definition) is 4. The van der Waals surface area contributed by atoms with Gasteiger partial charge in [-0.1, -0.05) is 58.4 Å². The molecule has 0 heterocycles. The average molecular weight is 475 g/mol. The van der Waals surface area contributed by atoms with Crippen LogP contribution in [0.5, 0.6) is 0 Å². The third-order valence-corrected chi connectivity index (χ3v) is 6.01. The molecule has 0 radical (unpaired) electrons. The molecule has 0 aromatic heterocycles. The lowest BCUT2D eigenvalue weighted by molar-refractivity contribution is -0.166. The van der Waals surface area contributed by atoms with Crippen LogP contribution in [0, 0.1) is 11.8 Å².